The van der Waals surface area contributed by atoms with Crippen molar-refractivity contribution >= 4 is 86.1 Å². The van der Waals surface area contributed by atoms with Crippen LogP contribution in [0.3, 0.4) is 0 Å². The van der Waals surface area contributed by atoms with Crippen LogP contribution < -0.4 is 42.5 Å². The van der Waals surface area contributed by atoms with Gasteiger partial charge in [0.2, 0.25) is 35.4 Å². The molecule has 23 nitrogen and oxygen atoms in total. The molecule has 5 rings (SSSR count). The predicted molar refractivity (Wildman–Crippen MR) is 306 cm³/mol. The Morgan fingerprint density at radius 3 is 1.91 bits per heavy atom. The first kappa shape index (κ1) is 64.3. The molecule has 81 heavy (non-hydrogen) atoms. The molecule has 25 heteroatoms. The van der Waals surface area contributed by atoms with Crippen LogP contribution in [0.1, 0.15) is 90.8 Å². The number of amides is 8. The molecule has 1 fully saturated rings. The number of aliphatic hydroxyl groups is 1. The van der Waals surface area contributed by atoms with Gasteiger partial charge in [-0.2, -0.15) is 0 Å². The Morgan fingerprint density at radius 2 is 1.26 bits per heavy atom. The topological polar surface area (TPSA) is 345 Å². The van der Waals surface area contributed by atoms with Crippen molar-refractivity contribution < 1.29 is 67.9 Å². The van der Waals surface area contributed by atoms with Crippen molar-refractivity contribution in [1.29, 1.82) is 0 Å². The summed E-state index contributed by atoms with van der Waals surface area (Å²) in [7, 11) is 1.84. The van der Waals surface area contributed by atoms with Crippen LogP contribution in [0, 0.1) is 0 Å². The summed E-state index contributed by atoms with van der Waals surface area (Å²) in [6.45, 7) is 11.5. The summed E-state index contributed by atoms with van der Waals surface area (Å²) in [5.41, 5.74) is 0.731. The molecule has 0 radical (unpaired) electrons. The van der Waals surface area contributed by atoms with Gasteiger partial charge >= 0.3 is 18.2 Å². The largest absolute Gasteiger partial charge is 0.508 e. The third-order valence-electron chi connectivity index (χ3n) is 12.4. The highest BCUT2D eigenvalue weighted by Gasteiger charge is 2.37. The highest BCUT2D eigenvalue weighted by Crippen LogP contribution is 2.25. The van der Waals surface area contributed by atoms with Crippen LogP contribution in [0.15, 0.2) is 85.1 Å². The van der Waals surface area contributed by atoms with Crippen molar-refractivity contribution in [2.75, 3.05) is 18.1 Å². The maximum Gasteiger partial charge on any atom is 0.408 e. The van der Waals surface area contributed by atoms with Gasteiger partial charge in [0.1, 0.15) is 59.2 Å². The zero-order valence-corrected chi connectivity index (χ0v) is 48.1. The van der Waals surface area contributed by atoms with E-state index in [9.17, 15) is 58.5 Å². The maximum absolute atomic E-state index is 15.0. The minimum Gasteiger partial charge on any atom is -0.508 e. The van der Waals surface area contributed by atoms with E-state index in [1.54, 1.807) is 90.2 Å². The van der Waals surface area contributed by atoms with E-state index >= 15 is 0 Å². The monoisotopic (exact) mass is 1160 g/mol. The number of carbonyl (C=O) groups is 9. The number of hydrogen-bond donors (Lipinski definition) is 12. The molecule has 1 aliphatic heterocycles. The standard InChI is InChI=1S/C56H75N9O14S2/c1-32(66)45-51(73)63-44(52(74)75)31-81-80-30-43(62-48(70)41(26-33-16-10-8-11-17-33)64-54(77)79-56(5,6)7)50(72)60-40(27-34-21-23-36(67)24-22-34)47(69)61-42(28-35-29-58-38-19-14-13-18-37(35)38)49(71)59-39(46(68)65-45)20-12-9-15-25-57-53(76)78-55(2,3)4/h8,10-11,13-14,16-19,21-24,29,32,39-45,58,66-67H,9,12,15,20,25-28,30-31H2,1-7H3,(H,57,76)(H,59,71)(H,60,72)(H,61,69)(H,62,70)(H,63,73)(H,64,77)(H,65,68)(H,74,75)/t32-,39+,40+,41-,42-,43+,44+,45+/m1/s1. The second kappa shape index (κ2) is 30.3. The second-order valence-corrected chi connectivity index (χ2v) is 24.1. The molecule has 0 aliphatic carbocycles. The number of ether oxygens (including phenoxy) is 2. The molecule has 1 saturated heterocycles. The van der Waals surface area contributed by atoms with E-state index in [0.29, 0.717) is 40.4 Å². The lowest BCUT2D eigenvalue weighted by molar-refractivity contribution is -0.142. The number of benzene rings is 3. The van der Waals surface area contributed by atoms with Crippen molar-refractivity contribution in [2.45, 2.75) is 153 Å². The Morgan fingerprint density at radius 1 is 0.667 bits per heavy atom. The predicted octanol–water partition coefficient (Wildman–Crippen LogP) is 3.65. The van der Waals surface area contributed by atoms with Crippen molar-refractivity contribution in [3.05, 3.63) is 102 Å². The molecular formula is C56H75N9O14S2. The molecule has 8 amide bonds. The first-order valence-electron chi connectivity index (χ1n) is 26.6. The van der Waals surface area contributed by atoms with E-state index in [-0.39, 0.29) is 55.9 Å². The second-order valence-electron chi connectivity index (χ2n) is 21.5. The minimum absolute atomic E-state index is 0.0456. The SMILES string of the molecule is C[C@@H](O)[C@@H]1NC(=O)[C@H](CCCCCNC(=O)OC(C)(C)C)NC(=O)[C@@H](Cc2c[nH]c3ccccc23)NC(=O)[C@H](Cc2ccc(O)cc2)NC(=O)[C@@H](NC(=O)[C@@H](Cc2ccccc2)NC(=O)OC(C)(C)C)CSSC[C@@H](C(=O)O)NC1=O. The number of rotatable bonds is 17. The molecule has 1 aliphatic rings. The average molecular weight is 1160 g/mol. The van der Waals surface area contributed by atoms with Gasteiger partial charge in [0.15, 0.2) is 0 Å². The van der Waals surface area contributed by atoms with Crippen LogP contribution in [-0.4, -0.2) is 152 Å². The summed E-state index contributed by atoms with van der Waals surface area (Å²) in [5, 5.41) is 53.1. The van der Waals surface area contributed by atoms with Crippen LogP contribution in [0.25, 0.3) is 10.9 Å². The fourth-order valence-corrected chi connectivity index (χ4v) is 10.7. The molecule has 12 N–H and O–H groups in total. The lowest BCUT2D eigenvalue weighted by atomic mass is 10.0. The number of aliphatic hydroxyl groups excluding tert-OH is 1. The number of aromatic nitrogens is 1. The highest BCUT2D eigenvalue weighted by atomic mass is 33.1. The minimum atomic E-state index is -1.73. The van der Waals surface area contributed by atoms with Gasteiger partial charge in [0.05, 0.1) is 6.10 Å². The molecule has 1 aromatic heterocycles. The van der Waals surface area contributed by atoms with Gasteiger partial charge < -0.3 is 72.3 Å². The fraction of sp³-hybridized carbons (Fsp3) is 0.482. The summed E-state index contributed by atoms with van der Waals surface area (Å²) in [4.78, 5) is 129. The number of aliphatic carboxylic acids is 1. The number of carbonyl (C=O) groups excluding carboxylic acids is 8. The number of fused-ring (bicyclic) bond motifs is 1. The number of H-pyrrole nitrogens is 1. The number of phenols is 1. The molecule has 0 spiro atoms. The van der Waals surface area contributed by atoms with E-state index in [0.717, 1.165) is 21.6 Å². The number of para-hydroxylation sites is 1. The molecule has 0 saturated carbocycles. The van der Waals surface area contributed by atoms with Gasteiger partial charge in [-0.15, -0.1) is 0 Å². The maximum atomic E-state index is 15.0. The number of unbranched alkanes of at least 4 members (excludes halogenated alkanes) is 2. The summed E-state index contributed by atoms with van der Waals surface area (Å²) < 4.78 is 10.8. The Hall–Kier alpha value is -7.51. The zero-order valence-electron chi connectivity index (χ0n) is 46.4. The number of carboxylic acids is 1. The average Bonchev–Trinajstić information content (AvgIpc) is 3.93. The molecule has 8 atom stereocenters. The Balaban J connectivity index is 1.55. The lowest BCUT2D eigenvalue weighted by Gasteiger charge is -2.29. The van der Waals surface area contributed by atoms with E-state index in [1.807, 2.05) is 12.1 Å². The number of phenolic OH excluding ortho intramolecular Hbond substituents is 1. The number of nitrogens with one attached hydrogen (secondary N) is 9. The molecule has 0 unspecified atom stereocenters. The van der Waals surface area contributed by atoms with Gasteiger partial charge in [-0.3, -0.25) is 28.8 Å². The third kappa shape index (κ3) is 21.8. The van der Waals surface area contributed by atoms with Crippen LogP contribution in [0.2, 0.25) is 0 Å². The number of carboxylic acid groups (broad SMARTS) is 1. The summed E-state index contributed by atoms with van der Waals surface area (Å²) >= 11 is 0. The first-order valence-corrected chi connectivity index (χ1v) is 29.0. The van der Waals surface area contributed by atoms with Gasteiger partial charge in [0.25, 0.3) is 0 Å². The van der Waals surface area contributed by atoms with E-state index in [2.05, 4.69) is 47.5 Å². The normalized spacial score (nSPS) is 20.9. The van der Waals surface area contributed by atoms with Gasteiger partial charge in [-0.1, -0.05) is 95.1 Å². The van der Waals surface area contributed by atoms with Crippen molar-refractivity contribution in [2.24, 2.45) is 0 Å². The zero-order chi connectivity index (χ0) is 59.4. The molecule has 440 valence electrons. The first-order chi connectivity index (χ1) is 38.2. The van der Waals surface area contributed by atoms with Crippen LogP contribution in [0.4, 0.5) is 9.59 Å². The van der Waals surface area contributed by atoms with Crippen molar-refractivity contribution in [3.8, 4) is 5.75 Å². The summed E-state index contributed by atoms with van der Waals surface area (Å²) in [6.07, 6.45) is -0.809. The molecular weight excluding hydrogens is 1090 g/mol. The molecule has 2 heterocycles. The van der Waals surface area contributed by atoms with Crippen molar-refractivity contribution in [3.63, 3.8) is 0 Å². The number of aromatic hydroxyl groups is 1. The van der Waals surface area contributed by atoms with Gasteiger partial charge in [-0.25, -0.2) is 14.4 Å². The Bertz CT molecular complexity index is 2800. The molecule has 3 aromatic carbocycles. The Labute approximate surface area is 478 Å². The molecule has 0 bridgehead atoms. The fourth-order valence-electron chi connectivity index (χ4n) is 8.34. The van der Waals surface area contributed by atoms with Crippen LogP contribution in [0.5, 0.6) is 5.75 Å². The summed E-state index contributed by atoms with van der Waals surface area (Å²) in [6, 6.07) is 11.2. The van der Waals surface area contributed by atoms with E-state index in [4.69, 9.17) is 9.47 Å². The highest BCUT2D eigenvalue weighted by molar-refractivity contribution is 8.76. The summed E-state index contributed by atoms with van der Waals surface area (Å²) in [5.74, 6) is -7.64. The number of alkyl carbamates (subject to hydrolysis) is 2. The van der Waals surface area contributed by atoms with Gasteiger partial charge in [0, 0.05) is 54.4 Å². The van der Waals surface area contributed by atoms with E-state index < -0.39 is 113 Å². The van der Waals surface area contributed by atoms with Crippen LogP contribution in [-0.2, 0) is 62.3 Å². The molecule has 4 aromatic rings. The van der Waals surface area contributed by atoms with Crippen molar-refractivity contribution in [1.82, 2.24) is 47.5 Å². The smallest absolute Gasteiger partial charge is 0.408 e. The lowest BCUT2D eigenvalue weighted by Crippen LogP contribution is -2.62. The third-order valence-corrected chi connectivity index (χ3v) is 14.8. The quantitative estimate of drug-likeness (QED) is 0.0530. The van der Waals surface area contributed by atoms with Gasteiger partial charge in [-0.05, 0) is 96.2 Å². The Kier molecular flexibility index (Phi) is 24.1. The number of hydrogen-bond acceptors (Lipinski definition) is 15. The van der Waals surface area contributed by atoms with Crippen LogP contribution >= 0.6 is 21.6 Å². The number of aromatic amines is 1. The van der Waals surface area contributed by atoms with E-state index in [1.165, 1.54) is 31.2 Å².